The first-order chi connectivity index (χ1) is 27.9. The zero-order chi connectivity index (χ0) is 43.6. The predicted octanol–water partition coefficient (Wildman–Crippen LogP) is -9.97. The van der Waals surface area contributed by atoms with E-state index in [4.69, 9.17) is 42.6 Å². The van der Waals surface area contributed by atoms with Crippen molar-refractivity contribution in [1.29, 1.82) is 0 Å². The van der Waals surface area contributed by atoms with E-state index >= 15 is 0 Å². The van der Waals surface area contributed by atoms with E-state index in [2.05, 4.69) is 10.6 Å². The van der Waals surface area contributed by atoms with Crippen LogP contribution in [0.25, 0.3) is 0 Å². The van der Waals surface area contributed by atoms with E-state index in [1.54, 1.807) is 0 Å². The Kier molecular flexibility index (Phi) is 16.7. The van der Waals surface area contributed by atoms with Gasteiger partial charge in [0.25, 0.3) is 0 Å². The van der Waals surface area contributed by atoms with Crippen molar-refractivity contribution in [3.63, 3.8) is 0 Å². The van der Waals surface area contributed by atoms with E-state index in [0.29, 0.717) is 0 Å². The molecule has 5 saturated heterocycles. The van der Waals surface area contributed by atoms with E-state index in [-0.39, 0.29) is 0 Å². The molecule has 0 aromatic carbocycles. The molecule has 26 nitrogen and oxygen atoms in total. The molecule has 0 saturated carbocycles. The van der Waals surface area contributed by atoms with Gasteiger partial charge in [-0.25, -0.2) is 0 Å². The molecular weight excluding hydrogens is 808 g/mol. The molecule has 5 aliphatic rings. The first kappa shape index (κ1) is 48.1. The molecule has 59 heavy (non-hydrogen) atoms. The van der Waals surface area contributed by atoms with Crippen LogP contribution in [0.5, 0.6) is 0 Å². The monoisotopic (exact) mass is 864 g/mol. The zero-order valence-electron chi connectivity index (χ0n) is 32.0. The van der Waals surface area contributed by atoms with Crippen molar-refractivity contribution in [3.8, 4) is 0 Å². The summed E-state index contributed by atoms with van der Waals surface area (Å²) < 4.78 is 51.9. The van der Waals surface area contributed by atoms with E-state index < -0.39 is 186 Å². The van der Waals surface area contributed by atoms with Gasteiger partial charge in [-0.3, -0.25) is 9.59 Å². The van der Waals surface area contributed by atoms with E-state index in [0.717, 1.165) is 13.8 Å². The van der Waals surface area contributed by atoms with Gasteiger partial charge in [0.05, 0.1) is 32.5 Å². The van der Waals surface area contributed by atoms with Crippen molar-refractivity contribution >= 4 is 11.8 Å². The molecule has 0 radical (unpaired) electrons. The van der Waals surface area contributed by atoms with Gasteiger partial charge in [-0.2, -0.15) is 0 Å². The average Bonchev–Trinajstić information content (AvgIpc) is 3.47. The van der Waals surface area contributed by atoms with Crippen LogP contribution >= 0.6 is 0 Å². The molecule has 26 heteroatoms. The molecule has 0 aromatic heterocycles. The summed E-state index contributed by atoms with van der Waals surface area (Å²) in [5.41, 5.74) is 0. The minimum absolute atomic E-state index is 0.728. The smallest absolute Gasteiger partial charge is 0.217 e. The van der Waals surface area contributed by atoms with Crippen molar-refractivity contribution in [2.24, 2.45) is 0 Å². The lowest BCUT2D eigenvalue weighted by Gasteiger charge is -2.51. The SMILES string of the molecule is CC(=O)N[C@H]1[C@H](O[C@H]2[C@H](O[C@@H]3O[C@@H](C)[C@@H](O)[C@@H](O)[C@@H]3O)[C@@H](NC(C)=O)C(O)O[C@@H]2CO)O[C@H](CO)[C@@H](O[C@@H]2O[C@H](CO)[C@@H](O)[C@H](O)[C@@H]2O[C@@H]2O[C@H](CO)[C@H](O)[C@H]2O)[C@@H]1O. The molecule has 5 rings (SSSR count). The Labute approximate surface area is 335 Å². The van der Waals surface area contributed by atoms with Crippen LogP contribution in [-0.2, 0) is 52.2 Å². The fourth-order valence-electron chi connectivity index (χ4n) is 7.55. The number of nitrogens with one attached hydrogen (secondary N) is 2. The Morgan fingerprint density at radius 1 is 0.441 bits per heavy atom. The second-order valence-electron chi connectivity index (χ2n) is 14.9. The quantitative estimate of drug-likeness (QED) is 0.0771. The number of aliphatic hydroxyl groups excluding tert-OH is 13. The van der Waals surface area contributed by atoms with E-state index in [9.17, 15) is 76.0 Å². The van der Waals surface area contributed by atoms with Gasteiger partial charge in [-0.1, -0.05) is 0 Å². The molecule has 0 aromatic rings. The van der Waals surface area contributed by atoms with Gasteiger partial charge in [0, 0.05) is 13.8 Å². The highest BCUT2D eigenvalue weighted by Crippen LogP contribution is 2.36. The third kappa shape index (κ3) is 10.3. The number of rotatable bonds is 14. The number of hydrogen-bond acceptors (Lipinski definition) is 24. The highest BCUT2D eigenvalue weighted by Gasteiger charge is 2.57. The van der Waals surface area contributed by atoms with Crippen molar-refractivity contribution in [2.75, 3.05) is 26.4 Å². The number of carbonyl (C=O) groups is 2. The number of ether oxygens (including phenoxy) is 9. The van der Waals surface area contributed by atoms with Crippen LogP contribution in [0.2, 0.25) is 0 Å². The maximum Gasteiger partial charge on any atom is 0.217 e. The molecule has 5 aliphatic heterocycles. The molecule has 0 bridgehead atoms. The number of amides is 2. The van der Waals surface area contributed by atoms with Crippen LogP contribution in [0.4, 0.5) is 0 Å². The topological polar surface area (TPSA) is 404 Å². The van der Waals surface area contributed by atoms with Gasteiger partial charge >= 0.3 is 0 Å². The van der Waals surface area contributed by atoms with Gasteiger partial charge in [-0.05, 0) is 6.92 Å². The fraction of sp³-hybridized carbons (Fsp3) is 0.939. The normalized spacial score (nSPS) is 49.4. The molecule has 24 atom stereocenters. The Morgan fingerprint density at radius 2 is 0.881 bits per heavy atom. The van der Waals surface area contributed by atoms with Gasteiger partial charge in [0.2, 0.25) is 11.8 Å². The Bertz CT molecular complexity index is 1370. The minimum atomic E-state index is -1.97. The highest BCUT2D eigenvalue weighted by molar-refractivity contribution is 5.73. The summed E-state index contributed by atoms with van der Waals surface area (Å²) in [6.45, 7) is -0.0311. The van der Waals surface area contributed by atoms with Crippen LogP contribution in [0.3, 0.4) is 0 Å². The molecule has 15 N–H and O–H groups in total. The van der Waals surface area contributed by atoms with Gasteiger partial charge in [-0.15, -0.1) is 0 Å². The number of carbonyl (C=O) groups excluding carboxylic acids is 2. The van der Waals surface area contributed by atoms with Crippen LogP contribution in [0.15, 0.2) is 0 Å². The lowest BCUT2D eigenvalue weighted by atomic mass is 9.93. The standard InChI is InChI=1S/C33H56N2O24/c1-8-17(42)21(46)24(49)31(51-8)58-27-16(35-10(3)41)29(50)52-14(7-39)26(27)57-30-15(34-9(2)40)20(45)25(13(6-38)55-30)56-33-28(22(47)18(43)11(4-36)54-33)59-32-23(48)19(44)12(5-37)53-32/h8,11-33,36-39,42-50H,4-7H2,1-3H3,(H,34,40)(H,35,41)/t8-,11+,12+,13+,14+,15+,16+,17+,18+,19-,20+,21+,22-,23+,24-,25+,26+,27+,28-,29?,30-,31-,32-,33-/m0/s1. The van der Waals surface area contributed by atoms with E-state index in [1.165, 1.54) is 6.92 Å². The number of aliphatic hydroxyl groups is 13. The third-order valence-electron chi connectivity index (χ3n) is 10.7. The Morgan fingerprint density at radius 3 is 1.46 bits per heavy atom. The average molecular weight is 865 g/mol. The van der Waals surface area contributed by atoms with Gasteiger partial charge in [0.15, 0.2) is 31.5 Å². The first-order valence-electron chi connectivity index (χ1n) is 18.9. The van der Waals surface area contributed by atoms with Crippen LogP contribution in [0, 0.1) is 0 Å². The summed E-state index contributed by atoms with van der Waals surface area (Å²) in [5, 5.41) is 142. The largest absolute Gasteiger partial charge is 0.394 e. The van der Waals surface area contributed by atoms with Crippen molar-refractivity contribution in [3.05, 3.63) is 0 Å². The van der Waals surface area contributed by atoms with Crippen LogP contribution < -0.4 is 10.6 Å². The number of hydrogen-bond donors (Lipinski definition) is 15. The van der Waals surface area contributed by atoms with Crippen LogP contribution in [-0.4, -0.2) is 252 Å². The summed E-state index contributed by atoms with van der Waals surface area (Å²) in [4.78, 5) is 24.8. The second-order valence-corrected chi connectivity index (χ2v) is 14.9. The molecule has 0 aliphatic carbocycles. The van der Waals surface area contributed by atoms with Crippen molar-refractivity contribution in [2.45, 2.75) is 168 Å². The van der Waals surface area contributed by atoms with Gasteiger partial charge in [0.1, 0.15) is 110 Å². The zero-order valence-corrected chi connectivity index (χ0v) is 32.0. The second kappa shape index (κ2) is 20.5. The molecule has 1 unspecified atom stereocenters. The fourth-order valence-corrected chi connectivity index (χ4v) is 7.55. The lowest BCUT2D eigenvalue weighted by molar-refractivity contribution is -0.381. The maximum atomic E-state index is 12.6. The molecule has 2 amide bonds. The molecule has 342 valence electrons. The lowest BCUT2D eigenvalue weighted by Crippen LogP contribution is -2.71. The summed E-state index contributed by atoms with van der Waals surface area (Å²) in [5.74, 6) is -1.52. The summed E-state index contributed by atoms with van der Waals surface area (Å²) >= 11 is 0. The van der Waals surface area contributed by atoms with Crippen molar-refractivity contribution < 1.29 is 119 Å². The molecular formula is C33H56N2O24. The molecule has 5 fully saturated rings. The highest BCUT2D eigenvalue weighted by atomic mass is 16.8. The Hall–Kier alpha value is -1.94. The van der Waals surface area contributed by atoms with Crippen molar-refractivity contribution in [1.82, 2.24) is 10.6 Å². The predicted molar refractivity (Wildman–Crippen MR) is 182 cm³/mol. The minimum Gasteiger partial charge on any atom is -0.394 e. The van der Waals surface area contributed by atoms with Gasteiger partial charge < -0.3 is 120 Å². The maximum absolute atomic E-state index is 12.6. The third-order valence-corrected chi connectivity index (χ3v) is 10.7. The molecule has 5 heterocycles. The summed E-state index contributed by atoms with van der Waals surface area (Å²) in [6, 6.07) is -3.25. The van der Waals surface area contributed by atoms with E-state index in [1.807, 2.05) is 0 Å². The summed E-state index contributed by atoms with van der Waals surface area (Å²) in [6.07, 6.45) is -37.8. The van der Waals surface area contributed by atoms with Crippen LogP contribution in [0.1, 0.15) is 20.8 Å². The summed E-state index contributed by atoms with van der Waals surface area (Å²) in [7, 11) is 0. The Balaban J connectivity index is 1.45. The first-order valence-corrected chi connectivity index (χ1v) is 18.9. The molecule has 0 spiro atoms.